The molecular formula is C57H104O9. The van der Waals surface area contributed by atoms with Crippen molar-refractivity contribution in [3.05, 3.63) is 36.5 Å². The second-order valence-electron chi connectivity index (χ2n) is 19.0. The lowest BCUT2D eigenvalue weighted by molar-refractivity contribution is -0.167. The van der Waals surface area contributed by atoms with Gasteiger partial charge in [-0.15, -0.1) is 0 Å². The second kappa shape index (κ2) is 50.4. The summed E-state index contributed by atoms with van der Waals surface area (Å²) in [5, 5.41) is 30.4. The van der Waals surface area contributed by atoms with Gasteiger partial charge < -0.3 is 29.5 Å². The molecule has 0 fully saturated rings. The van der Waals surface area contributed by atoms with Crippen LogP contribution in [0.2, 0.25) is 0 Å². The third kappa shape index (κ3) is 48.0. The lowest BCUT2D eigenvalue weighted by atomic mass is 10.1. The Hall–Kier alpha value is -2.49. The predicted molar refractivity (Wildman–Crippen MR) is 274 cm³/mol. The molecule has 4 atom stereocenters. The molecule has 9 nitrogen and oxygen atoms in total. The van der Waals surface area contributed by atoms with Gasteiger partial charge in [-0.2, -0.15) is 0 Å². The van der Waals surface area contributed by atoms with Gasteiger partial charge in [0.2, 0.25) is 0 Å². The van der Waals surface area contributed by atoms with Crippen molar-refractivity contribution in [3.8, 4) is 0 Å². The average molecular weight is 933 g/mol. The fourth-order valence-corrected chi connectivity index (χ4v) is 7.95. The molecule has 0 heterocycles. The zero-order valence-electron chi connectivity index (χ0n) is 43.1. The minimum atomic E-state index is -0.836. The molecule has 0 saturated heterocycles. The topological polar surface area (TPSA) is 140 Å². The lowest BCUT2D eigenvalue weighted by Gasteiger charge is -2.18. The van der Waals surface area contributed by atoms with E-state index in [0.717, 1.165) is 167 Å². The molecule has 9 heteroatoms. The molecule has 66 heavy (non-hydrogen) atoms. The molecule has 0 saturated carbocycles. The van der Waals surface area contributed by atoms with Gasteiger partial charge >= 0.3 is 17.9 Å². The van der Waals surface area contributed by atoms with Gasteiger partial charge in [-0.1, -0.05) is 192 Å². The zero-order chi connectivity index (χ0) is 48.4. The quantitative estimate of drug-likeness (QED) is 0.0235. The highest BCUT2D eigenvalue weighted by atomic mass is 16.6. The summed E-state index contributed by atoms with van der Waals surface area (Å²) < 4.78 is 16.7. The Morgan fingerprint density at radius 1 is 0.364 bits per heavy atom. The van der Waals surface area contributed by atoms with Gasteiger partial charge in [0.15, 0.2) is 6.10 Å². The Bertz CT molecular complexity index is 1110. The van der Waals surface area contributed by atoms with Gasteiger partial charge in [0.25, 0.3) is 0 Å². The first kappa shape index (κ1) is 63.5. The maximum Gasteiger partial charge on any atom is 0.306 e. The number of aliphatic hydroxyl groups excluding tert-OH is 3. The summed E-state index contributed by atoms with van der Waals surface area (Å²) in [5.74, 6) is -1.04. The van der Waals surface area contributed by atoms with Gasteiger partial charge in [-0.3, -0.25) is 14.4 Å². The van der Waals surface area contributed by atoms with Gasteiger partial charge in [-0.25, -0.2) is 0 Å². The van der Waals surface area contributed by atoms with Crippen molar-refractivity contribution in [2.45, 2.75) is 296 Å². The van der Waals surface area contributed by atoms with Crippen molar-refractivity contribution in [2.24, 2.45) is 0 Å². The summed E-state index contributed by atoms with van der Waals surface area (Å²) in [5.41, 5.74) is 0. The molecule has 0 radical (unpaired) electrons. The number of carbonyl (C=O) groups excluding carboxylic acids is 3. The van der Waals surface area contributed by atoms with E-state index in [-0.39, 0.29) is 55.9 Å². The monoisotopic (exact) mass is 933 g/mol. The number of hydrogen-bond acceptors (Lipinski definition) is 9. The van der Waals surface area contributed by atoms with Crippen LogP contribution < -0.4 is 0 Å². The highest BCUT2D eigenvalue weighted by molar-refractivity contribution is 5.71. The van der Waals surface area contributed by atoms with E-state index < -0.39 is 6.10 Å². The number of unbranched alkanes of at least 4 members (excludes halogenated alkanes) is 24. The van der Waals surface area contributed by atoms with E-state index in [1.54, 1.807) is 0 Å². The summed E-state index contributed by atoms with van der Waals surface area (Å²) in [6.07, 6.45) is 48.9. The Morgan fingerprint density at radius 2 is 0.652 bits per heavy atom. The molecule has 0 aromatic rings. The van der Waals surface area contributed by atoms with E-state index in [9.17, 15) is 29.7 Å². The highest BCUT2D eigenvalue weighted by Crippen LogP contribution is 2.15. The lowest BCUT2D eigenvalue weighted by Crippen LogP contribution is -2.30. The summed E-state index contributed by atoms with van der Waals surface area (Å²) in [4.78, 5) is 38.1. The summed E-state index contributed by atoms with van der Waals surface area (Å²) in [7, 11) is 0. The molecule has 0 aromatic heterocycles. The van der Waals surface area contributed by atoms with Gasteiger partial charge in [0.05, 0.1) is 18.3 Å². The number of esters is 3. The van der Waals surface area contributed by atoms with Crippen LogP contribution >= 0.6 is 0 Å². The normalized spacial score (nSPS) is 13.7. The third-order valence-electron chi connectivity index (χ3n) is 12.3. The molecule has 0 rings (SSSR count). The van der Waals surface area contributed by atoms with Crippen molar-refractivity contribution >= 4 is 17.9 Å². The number of ether oxygens (including phenoxy) is 3. The van der Waals surface area contributed by atoms with Crippen molar-refractivity contribution in [1.82, 2.24) is 0 Å². The van der Waals surface area contributed by atoms with E-state index in [1.807, 2.05) is 0 Å². The van der Waals surface area contributed by atoms with Crippen LogP contribution in [0.15, 0.2) is 36.5 Å². The minimum Gasteiger partial charge on any atom is -0.462 e. The molecule has 0 aliphatic rings. The van der Waals surface area contributed by atoms with E-state index in [1.165, 1.54) is 57.8 Å². The maximum atomic E-state index is 12.8. The second-order valence-corrected chi connectivity index (χ2v) is 19.0. The molecule has 1 unspecified atom stereocenters. The molecule has 386 valence electrons. The fourth-order valence-electron chi connectivity index (χ4n) is 7.95. The van der Waals surface area contributed by atoms with E-state index in [4.69, 9.17) is 14.2 Å². The van der Waals surface area contributed by atoms with Crippen LogP contribution in [-0.4, -0.2) is 70.9 Å². The van der Waals surface area contributed by atoms with Gasteiger partial charge in [0, 0.05) is 19.3 Å². The number of hydrogen-bond donors (Lipinski definition) is 3. The molecule has 0 aromatic carbocycles. The molecule has 0 spiro atoms. The van der Waals surface area contributed by atoms with Crippen molar-refractivity contribution < 1.29 is 43.9 Å². The van der Waals surface area contributed by atoms with Crippen LogP contribution in [0, 0.1) is 0 Å². The average Bonchev–Trinajstić information content (AvgIpc) is 3.30. The molecular weight excluding hydrogens is 829 g/mol. The molecule has 0 bridgehead atoms. The highest BCUT2D eigenvalue weighted by Gasteiger charge is 2.19. The molecule has 3 N–H and O–H groups in total. The molecule has 0 aliphatic carbocycles. The standard InChI is InChI=1S/C57H104O9/c1-4-7-10-31-40-51(58)43-34-25-19-13-16-22-28-37-46-55(61)64-49-54(66-57(63)48-39-30-24-18-15-21-27-36-45-53(60)42-33-12-9-6-3)50-65-56(62)47-38-29-23-17-14-20-26-35-44-52(59)41-32-11-8-5-2/h25-27,34-36,51-54,58-60H,4-24,28-33,37-50H2,1-3H3/b34-25+,35-26+,36-27+/t51-,52+,53-,54?/m1/s1. The van der Waals surface area contributed by atoms with Crippen LogP contribution in [0.1, 0.15) is 271 Å². The van der Waals surface area contributed by atoms with Crippen LogP contribution in [0.3, 0.4) is 0 Å². The smallest absolute Gasteiger partial charge is 0.306 e. The number of allylic oxidation sites excluding steroid dienone is 3. The Kier molecular flexibility index (Phi) is 48.5. The Balaban J connectivity index is 4.51. The Labute approximate surface area is 405 Å². The first-order valence-corrected chi connectivity index (χ1v) is 27.7. The summed E-state index contributed by atoms with van der Waals surface area (Å²) in [6, 6.07) is 0. The zero-order valence-corrected chi connectivity index (χ0v) is 43.1. The maximum absolute atomic E-state index is 12.8. The summed E-state index contributed by atoms with van der Waals surface area (Å²) in [6.45, 7) is 6.33. The van der Waals surface area contributed by atoms with Crippen LogP contribution in [0.5, 0.6) is 0 Å². The van der Waals surface area contributed by atoms with Crippen LogP contribution in [-0.2, 0) is 28.6 Å². The van der Waals surface area contributed by atoms with Gasteiger partial charge in [0.1, 0.15) is 13.2 Å². The predicted octanol–water partition coefficient (Wildman–Crippen LogP) is 15.0. The first-order chi connectivity index (χ1) is 32.2. The molecule has 0 amide bonds. The van der Waals surface area contributed by atoms with Gasteiger partial charge in [-0.05, 0) is 96.3 Å². The number of aliphatic hydroxyl groups is 3. The SMILES string of the molecule is CCCCCC[C@H](O)C/C=C/CCCCCCCC(=O)OCC(COC(=O)CCCCCCC/C=C/C[C@H](O)CCCCCC)OC(=O)CCCCCCC/C=C/C[C@H](O)CCCCCC. The van der Waals surface area contributed by atoms with Crippen LogP contribution in [0.25, 0.3) is 0 Å². The third-order valence-corrected chi connectivity index (χ3v) is 12.3. The van der Waals surface area contributed by atoms with E-state index in [2.05, 4.69) is 57.2 Å². The van der Waals surface area contributed by atoms with Crippen molar-refractivity contribution in [2.75, 3.05) is 13.2 Å². The largest absolute Gasteiger partial charge is 0.462 e. The first-order valence-electron chi connectivity index (χ1n) is 27.7. The fraction of sp³-hybridized carbons (Fsp3) is 0.842. The van der Waals surface area contributed by atoms with E-state index >= 15 is 0 Å². The molecule has 0 aliphatic heterocycles. The van der Waals surface area contributed by atoms with Crippen molar-refractivity contribution in [1.29, 1.82) is 0 Å². The van der Waals surface area contributed by atoms with Crippen LogP contribution in [0.4, 0.5) is 0 Å². The van der Waals surface area contributed by atoms with E-state index in [0.29, 0.717) is 19.3 Å². The number of rotatable bonds is 50. The summed E-state index contributed by atoms with van der Waals surface area (Å²) >= 11 is 0. The Morgan fingerprint density at radius 3 is 0.985 bits per heavy atom. The minimum absolute atomic E-state index is 0.132. The van der Waals surface area contributed by atoms with Crippen molar-refractivity contribution in [3.63, 3.8) is 0 Å². The number of carbonyl (C=O) groups is 3.